The lowest BCUT2D eigenvalue weighted by Crippen LogP contribution is -2.48. The SMILES string of the molecule is Cc1c(C(=O)N(C)C2CC3CCC(C2)N3)oc2ccccc12. The van der Waals surface area contributed by atoms with Gasteiger partial charge in [0.25, 0.3) is 5.91 Å². The summed E-state index contributed by atoms with van der Waals surface area (Å²) in [5.41, 5.74) is 1.74. The number of rotatable bonds is 2. The minimum atomic E-state index is 0.0139. The van der Waals surface area contributed by atoms with Gasteiger partial charge in [0.1, 0.15) is 5.58 Å². The molecule has 2 atom stereocenters. The number of carbonyl (C=O) groups excluding carboxylic acids is 1. The Labute approximate surface area is 130 Å². The highest BCUT2D eigenvalue weighted by atomic mass is 16.3. The molecule has 2 unspecified atom stereocenters. The van der Waals surface area contributed by atoms with Gasteiger partial charge in [-0.1, -0.05) is 18.2 Å². The third kappa shape index (κ3) is 2.13. The Morgan fingerprint density at radius 1 is 1.23 bits per heavy atom. The highest BCUT2D eigenvalue weighted by molar-refractivity contribution is 5.98. The second-order valence-electron chi connectivity index (χ2n) is 6.73. The summed E-state index contributed by atoms with van der Waals surface area (Å²) in [6.45, 7) is 1.97. The van der Waals surface area contributed by atoms with Crippen LogP contribution in [0.3, 0.4) is 0 Å². The largest absolute Gasteiger partial charge is 0.451 e. The summed E-state index contributed by atoms with van der Waals surface area (Å²) in [7, 11) is 1.92. The Morgan fingerprint density at radius 3 is 2.59 bits per heavy atom. The smallest absolute Gasteiger partial charge is 0.289 e. The van der Waals surface area contributed by atoms with E-state index < -0.39 is 0 Å². The van der Waals surface area contributed by atoms with Gasteiger partial charge in [0, 0.05) is 36.1 Å². The van der Waals surface area contributed by atoms with Gasteiger partial charge in [0.2, 0.25) is 0 Å². The van der Waals surface area contributed by atoms with E-state index in [4.69, 9.17) is 4.42 Å². The fraction of sp³-hybridized carbons (Fsp3) is 0.500. The number of hydrogen-bond donors (Lipinski definition) is 1. The number of piperidine rings is 1. The number of amides is 1. The summed E-state index contributed by atoms with van der Waals surface area (Å²) >= 11 is 0. The summed E-state index contributed by atoms with van der Waals surface area (Å²) in [6.07, 6.45) is 4.59. The number of para-hydroxylation sites is 1. The molecule has 0 aliphatic carbocycles. The van der Waals surface area contributed by atoms with Crippen molar-refractivity contribution in [3.8, 4) is 0 Å². The van der Waals surface area contributed by atoms with Crippen molar-refractivity contribution in [1.29, 1.82) is 0 Å². The van der Waals surface area contributed by atoms with Gasteiger partial charge >= 0.3 is 0 Å². The number of nitrogens with zero attached hydrogens (tertiary/aromatic N) is 1. The highest BCUT2D eigenvalue weighted by Crippen LogP contribution is 2.31. The van der Waals surface area contributed by atoms with Gasteiger partial charge in [-0.2, -0.15) is 0 Å². The molecule has 1 amide bonds. The van der Waals surface area contributed by atoms with Crippen molar-refractivity contribution in [3.63, 3.8) is 0 Å². The number of aryl methyl sites for hydroxylation is 1. The molecule has 116 valence electrons. The maximum Gasteiger partial charge on any atom is 0.289 e. The zero-order valence-electron chi connectivity index (χ0n) is 13.1. The molecular formula is C18H22N2O2. The molecule has 22 heavy (non-hydrogen) atoms. The van der Waals surface area contributed by atoms with Crippen molar-refractivity contribution < 1.29 is 9.21 Å². The Kier molecular flexibility index (Phi) is 3.22. The molecule has 4 rings (SSSR count). The van der Waals surface area contributed by atoms with Crippen molar-refractivity contribution in [2.45, 2.75) is 50.7 Å². The second-order valence-corrected chi connectivity index (χ2v) is 6.73. The number of nitrogens with one attached hydrogen (secondary N) is 1. The zero-order chi connectivity index (χ0) is 15.3. The summed E-state index contributed by atoms with van der Waals surface area (Å²) in [5.74, 6) is 0.509. The third-order valence-electron chi connectivity index (χ3n) is 5.35. The van der Waals surface area contributed by atoms with E-state index in [0.717, 1.165) is 29.4 Å². The van der Waals surface area contributed by atoms with Crippen molar-refractivity contribution in [2.24, 2.45) is 0 Å². The van der Waals surface area contributed by atoms with Crippen LogP contribution >= 0.6 is 0 Å². The van der Waals surface area contributed by atoms with Crippen LogP contribution in [0, 0.1) is 6.92 Å². The molecule has 3 heterocycles. The fourth-order valence-corrected chi connectivity index (χ4v) is 4.05. The first-order valence-electron chi connectivity index (χ1n) is 8.15. The van der Waals surface area contributed by atoms with Crippen LogP contribution in [0.1, 0.15) is 41.8 Å². The van der Waals surface area contributed by atoms with Crippen LogP contribution in [0.2, 0.25) is 0 Å². The third-order valence-corrected chi connectivity index (χ3v) is 5.35. The summed E-state index contributed by atoms with van der Waals surface area (Å²) < 4.78 is 5.84. The molecule has 1 N–H and O–H groups in total. The minimum absolute atomic E-state index is 0.0139. The molecule has 2 aliphatic rings. The lowest BCUT2D eigenvalue weighted by molar-refractivity contribution is 0.0651. The van der Waals surface area contributed by atoms with Gasteiger partial charge in [-0.15, -0.1) is 0 Å². The standard InChI is InChI=1S/C18H22N2O2/c1-11-15-5-3-4-6-16(15)22-17(11)18(21)20(2)14-9-12-7-8-13(10-14)19-12/h3-6,12-14,19H,7-10H2,1-2H3. The van der Waals surface area contributed by atoms with Crippen LogP contribution in [0.25, 0.3) is 11.0 Å². The molecule has 0 spiro atoms. The number of hydrogen-bond acceptors (Lipinski definition) is 3. The minimum Gasteiger partial charge on any atom is -0.451 e. The molecule has 0 saturated carbocycles. The predicted molar refractivity (Wildman–Crippen MR) is 86.0 cm³/mol. The summed E-state index contributed by atoms with van der Waals surface area (Å²) in [6, 6.07) is 9.33. The lowest BCUT2D eigenvalue weighted by atomic mass is 9.98. The average molecular weight is 298 g/mol. The van der Waals surface area contributed by atoms with Crippen LogP contribution in [0.5, 0.6) is 0 Å². The van der Waals surface area contributed by atoms with Crippen LogP contribution in [-0.4, -0.2) is 36.0 Å². The first-order chi connectivity index (χ1) is 10.6. The quantitative estimate of drug-likeness (QED) is 0.926. The van der Waals surface area contributed by atoms with Crippen LogP contribution in [0.15, 0.2) is 28.7 Å². The van der Waals surface area contributed by atoms with Crippen molar-refractivity contribution in [1.82, 2.24) is 10.2 Å². The molecule has 2 saturated heterocycles. The van der Waals surface area contributed by atoms with E-state index in [1.165, 1.54) is 12.8 Å². The maximum atomic E-state index is 12.9. The number of benzene rings is 1. The van der Waals surface area contributed by atoms with Crippen molar-refractivity contribution in [3.05, 3.63) is 35.6 Å². The molecule has 0 radical (unpaired) electrons. The Bertz CT molecular complexity index is 709. The summed E-state index contributed by atoms with van der Waals surface area (Å²) in [5, 5.41) is 4.66. The summed E-state index contributed by atoms with van der Waals surface area (Å²) in [4.78, 5) is 14.8. The molecule has 4 heteroatoms. The Morgan fingerprint density at radius 2 is 1.91 bits per heavy atom. The van der Waals surface area contributed by atoms with Gasteiger partial charge < -0.3 is 14.6 Å². The van der Waals surface area contributed by atoms with E-state index in [9.17, 15) is 4.79 Å². The van der Waals surface area contributed by atoms with E-state index in [-0.39, 0.29) is 5.91 Å². The van der Waals surface area contributed by atoms with Gasteiger partial charge in [0.05, 0.1) is 0 Å². The van der Waals surface area contributed by atoms with E-state index >= 15 is 0 Å². The molecule has 1 aromatic heterocycles. The lowest BCUT2D eigenvalue weighted by Gasteiger charge is -2.35. The molecule has 1 aromatic carbocycles. The number of fused-ring (bicyclic) bond motifs is 3. The Hall–Kier alpha value is -1.81. The van der Waals surface area contributed by atoms with Gasteiger partial charge in [-0.25, -0.2) is 0 Å². The molecule has 2 aromatic rings. The first kappa shape index (κ1) is 13.8. The van der Waals surface area contributed by atoms with Gasteiger partial charge in [-0.3, -0.25) is 4.79 Å². The maximum absolute atomic E-state index is 12.9. The van der Waals surface area contributed by atoms with Crippen LogP contribution in [0.4, 0.5) is 0 Å². The topological polar surface area (TPSA) is 45.5 Å². The molecular weight excluding hydrogens is 276 g/mol. The van der Waals surface area contributed by atoms with E-state index in [1.807, 2.05) is 43.1 Å². The first-order valence-corrected chi connectivity index (χ1v) is 8.15. The van der Waals surface area contributed by atoms with Crippen molar-refractivity contribution >= 4 is 16.9 Å². The highest BCUT2D eigenvalue weighted by Gasteiger charge is 2.37. The molecule has 2 bridgehead atoms. The number of furan rings is 1. The van der Waals surface area contributed by atoms with E-state index in [2.05, 4.69) is 5.32 Å². The predicted octanol–water partition coefficient (Wildman–Crippen LogP) is 3.10. The van der Waals surface area contributed by atoms with E-state index in [0.29, 0.717) is 23.9 Å². The molecule has 2 fully saturated rings. The van der Waals surface area contributed by atoms with E-state index in [1.54, 1.807) is 0 Å². The van der Waals surface area contributed by atoms with Crippen LogP contribution in [-0.2, 0) is 0 Å². The normalized spacial score (nSPS) is 27.3. The average Bonchev–Trinajstić information content (AvgIpc) is 3.06. The Balaban J connectivity index is 1.61. The second kappa shape index (κ2) is 5.13. The monoisotopic (exact) mass is 298 g/mol. The zero-order valence-corrected chi connectivity index (χ0v) is 13.1. The fourth-order valence-electron chi connectivity index (χ4n) is 4.05. The molecule has 4 nitrogen and oxygen atoms in total. The van der Waals surface area contributed by atoms with Crippen molar-refractivity contribution in [2.75, 3.05) is 7.05 Å². The molecule has 2 aliphatic heterocycles. The number of carbonyl (C=O) groups is 1. The van der Waals surface area contributed by atoms with Crippen LogP contribution < -0.4 is 5.32 Å². The van der Waals surface area contributed by atoms with Gasteiger partial charge in [0.15, 0.2) is 5.76 Å². The van der Waals surface area contributed by atoms with Gasteiger partial charge in [-0.05, 0) is 38.7 Å².